The molecule has 4 atom stereocenters. The molecule has 2 N–H and O–H groups in total. The molecule has 0 aliphatic heterocycles. The monoisotopic (exact) mass is 261 g/mol. The second-order valence-electron chi connectivity index (χ2n) is 5.71. The lowest BCUT2D eigenvalue weighted by Gasteiger charge is -2.32. The summed E-state index contributed by atoms with van der Waals surface area (Å²) in [5, 5.41) is 0. The molecule has 1 aliphatic carbocycles. The molecule has 1 saturated carbocycles. The zero-order valence-electron chi connectivity index (χ0n) is 11.7. The van der Waals surface area contributed by atoms with Crippen LogP contribution in [0.15, 0.2) is 30.3 Å². The predicted octanol–water partition coefficient (Wildman–Crippen LogP) is 3.05. The number of benzene rings is 1. The Labute approximate surface area is 115 Å². The van der Waals surface area contributed by atoms with Gasteiger partial charge in [0.05, 0.1) is 0 Å². The summed E-state index contributed by atoms with van der Waals surface area (Å²) >= 11 is 0. The third kappa shape index (κ3) is 3.57. The van der Waals surface area contributed by atoms with Crippen molar-refractivity contribution in [1.29, 1.82) is 0 Å². The van der Waals surface area contributed by atoms with E-state index < -0.39 is 6.04 Å². The number of carbonyl (C=O) groups excluding carboxylic acids is 1. The number of ether oxygens (including phenoxy) is 1. The summed E-state index contributed by atoms with van der Waals surface area (Å²) in [6.07, 6.45) is 3.07. The fraction of sp³-hybridized carbons (Fsp3) is 0.562. The van der Waals surface area contributed by atoms with Crippen molar-refractivity contribution in [2.24, 2.45) is 17.6 Å². The second-order valence-corrected chi connectivity index (χ2v) is 5.71. The van der Waals surface area contributed by atoms with E-state index in [4.69, 9.17) is 10.5 Å². The Bertz CT molecular complexity index is 418. The lowest BCUT2D eigenvalue weighted by atomic mass is 9.80. The van der Waals surface area contributed by atoms with Gasteiger partial charge in [0, 0.05) is 0 Å². The molecular formula is C16H23NO2. The summed E-state index contributed by atoms with van der Waals surface area (Å²) in [6, 6.07) is 8.72. The van der Waals surface area contributed by atoms with Gasteiger partial charge in [-0.3, -0.25) is 0 Å². The summed E-state index contributed by atoms with van der Waals surface area (Å²) in [7, 11) is 0. The zero-order valence-corrected chi connectivity index (χ0v) is 11.7. The standard InChI is InChI=1S/C16H23NO2/c1-11-8-9-14(10-12(11)2)19-16(18)15(17)13-6-4-3-5-7-13/h3-7,11-12,14-15H,8-10,17H2,1-2H3. The van der Waals surface area contributed by atoms with Crippen LogP contribution in [0.25, 0.3) is 0 Å². The number of esters is 1. The first kappa shape index (κ1) is 14.1. The van der Waals surface area contributed by atoms with Crippen molar-refractivity contribution in [2.45, 2.75) is 45.3 Å². The molecule has 1 fully saturated rings. The van der Waals surface area contributed by atoms with Crippen molar-refractivity contribution >= 4 is 5.97 Å². The van der Waals surface area contributed by atoms with E-state index in [9.17, 15) is 4.79 Å². The van der Waals surface area contributed by atoms with Gasteiger partial charge < -0.3 is 10.5 Å². The number of hydrogen-bond acceptors (Lipinski definition) is 3. The zero-order chi connectivity index (χ0) is 13.8. The Morgan fingerprint density at radius 1 is 1.21 bits per heavy atom. The molecule has 0 heterocycles. The van der Waals surface area contributed by atoms with Gasteiger partial charge >= 0.3 is 5.97 Å². The highest BCUT2D eigenvalue weighted by atomic mass is 16.5. The molecule has 1 aliphatic rings. The molecule has 0 bridgehead atoms. The van der Waals surface area contributed by atoms with Crippen LogP contribution in [0.4, 0.5) is 0 Å². The van der Waals surface area contributed by atoms with Crippen molar-refractivity contribution in [3.05, 3.63) is 35.9 Å². The number of hydrogen-bond donors (Lipinski definition) is 1. The van der Waals surface area contributed by atoms with Crippen LogP contribution in [0, 0.1) is 11.8 Å². The molecule has 19 heavy (non-hydrogen) atoms. The minimum absolute atomic E-state index is 0.0356. The minimum Gasteiger partial charge on any atom is -0.461 e. The molecule has 0 spiro atoms. The average Bonchev–Trinajstić information content (AvgIpc) is 2.43. The van der Waals surface area contributed by atoms with Crippen LogP contribution in [0.5, 0.6) is 0 Å². The van der Waals surface area contributed by atoms with Crippen molar-refractivity contribution in [1.82, 2.24) is 0 Å². The van der Waals surface area contributed by atoms with Gasteiger partial charge in [-0.25, -0.2) is 4.79 Å². The third-order valence-corrected chi connectivity index (χ3v) is 4.25. The van der Waals surface area contributed by atoms with E-state index in [2.05, 4.69) is 13.8 Å². The number of rotatable bonds is 3. The van der Waals surface area contributed by atoms with E-state index in [0.29, 0.717) is 5.92 Å². The van der Waals surface area contributed by atoms with E-state index in [-0.39, 0.29) is 12.1 Å². The fourth-order valence-corrected chi connectivity index (χ4v) is 2.64. The molecule has 3 nitrogen and oxygen atoms in total. The summed E-state index contributed by atoms with van der Waals surface area (Å²) < 4.78 is 5.56. The summed E-state index contributed by atoms with van der Waals surface area (Å²) in [6.45, 7) is 4.49. The molecule has 4 unspecified atom stereocenters. The SMILES string of the molecule is CC1CCC(OC(=O)C(N)c2ccccc2)CC1C. The first-order valence-electron chi connectivity index (χ1n) is 7.09. The van der Waals surface area contributed by atoms with Crippen molar-refractivity contribution in [3.63, 3.8) is 0 Å². The lowest BCUT2D eigenvalue weighted by Crippen LogP contribution is -2.32. The van der Waals surface area contributed by atoms with Crippen LogP contribution >= 0.6 is 0 Å². The topological polar surface area (TPSA) is 52.3 Å². The van der Waals surface area contributed by atoms with E-state index in [1.165, 1.54) is 0 Å². The lowest BCUT2D eigenvalue weighted by molar-refractivity contribution is -0.153. The number of carbonyl (C=O) groups is 1. The summed E-state index contributed by atoms with van der Waals surface area (Å²) in [5.74, 6) is 1.02. The largest absolute Gasteiger partial charge is 0.461 e. The molecule has 104 valence electrons. The van der Waals surface area contributed by atoms with Gasteiger partial charge in [0.15, 0.2) is 0 Å². The first-order chi connectivity index (χ1) is 9.08. The van der Waals surface area contributed by atoms with Gasteiger partial charge in [-0.05, 0) is 36.7 Å². The maximum Gasteiger partial charge on any atom is 0.327 e. The van der Waals surface area contributed by atoms with Crippen LogP contribution < -0.4 is 5.73 Å². The van der Waals surface area contributed by atoms with Crippen LogP contribution in [0.3, 0.4) is 0 Å². The molecule has 0 amide bonds. The molecule has 3 heteroatoms. The van der Waals surface area contributed by atoms with Crippen molar-refractivity contribution < 1.29 is 9.53 Å². The highest BCUT2D eigenvalue weighted by Gasteiger charge is 2.28. The minimum atomic E-state index is -0.671. The average molecular weight is 261 g/mol. The van der Waals surface area contributed by atoms with Gasteiger partial charge in [0.1, 0.15) is 12.1 Å². The molecule has 0 radical (unpaired) electrons. The summed E-state index contributed by atoms with van der Waals surface area (Å²) in [4.78, 5) is 12.1. The summed E-state index contributed by atoms with van der Waals surface area (Å²) in [5.41, 5.74) is 6.75. The third-order valence-electron chi connectivity index (χ3n) is 4.25. The first-order valence-corrected chi connectivity index (χ1v) is 7.09. The van der Waals surface area contributed by atoms with E-state index >= 15 is 0 Å². The number of nitrogens with two attached hydrogens (primary N) is 1. The second kappa shape index (κ2) is 6.20. The molecule has 1 aromatic carbocycles. The molecule has 1 aromatic rings. The Kier molecular flexibility index (Phi) is 4.59. The van der Waals surface area contributed by atoms with Gasteiger partial charge in [0.2, 0.25) is 0 Å². The van der Waals surface area contributed by atoms with Crippen LogP contribution in [0.2, 0.25) is 0 Å². The van der Waals surface area contributed by atoms with Gasteiger partial charge in [-0.15, -0.1) is 0 Å². The maximum atomic E-state index is 12.1. The Balaban J connectivity index is 1.91. The molecule has 0 aromatic heterocycles. The van der Waals surface area contributed by atoms with Gasteiger partial charge in [-0.2, -0.15) is 0 Å². The van der Waals surface area contributed by atoms with E-state index in [1.807, 2.05) is 30.3 Å². The van der Waals surface area contributed by atoms with E-state index in [1.54, 1.807) is 0 Å². The Morgan fingerprint density at radius 2 is 1.89 bits per heavy atom. The van der Waals surface area contributed by atoms with Crippen molar-refractivity contribution in [3.8, 4) is 0 Å². The quantitative estimate of drug-likeness (QED) is 0.851. The Hall–Kier alpha value is -1.35. The molecule has 2 rings (SSSR count). The highest BCUT2D eigenvalue weighted by molar-refractivity contribution is 5.77. The normalized spacial score (nSPS) is 28.7. The van der Waals surface area contributed by atoms with E-state index in [0.717, 1.165) is 30.7 Å². The van der Waals surface area contributed by atoms with Crippen LogP contribution in [-0.2, 0) is 9.53 Å². The predicted molar refractivity (Wildman–Crippen MR) is 75.4 cm³/mol. The fourth-order valence-electron chi connectivity index (χ4n) is 2.64. The highest BCUT2D eigenvalue weighted by Crippen LogP contribution is 2.31. The molecular weight excluding hydrogens is 238 g/mol. The van der Waals surface area contributed by atoms with Gasteiger partial charge in [-0.1, -0.05) is 44.2 Å². The van der Waals surface area contributed by atoms with Crippen LogP contribution in [0.1, 0.15) is 44.7 Å². The molecule has 0 saturated heterocycles. The van der Waals surface area contributed by atoms with Gasteiger partial charge in [0.25, 0.3) is 0 Å². The van der Waals surface area contributed by atoms with Crippen LogP contribution in [-0.4, -0.2) is 12.1 Å². The Morgan fingerprint density at radius 3 is 2.53 bits per heavy atom. The smallest absolute Gasteiger partial charge is 0.327 e. The maximum absolute atomic E-state index is 12.1. The van der Waals surface area contributed by atoms with Crippen molar-refractivity contribution in [2.75, 3.05) is 0 Å².